The number of hydrogen-bond donors (Lipinski definition) is 0. The molecule has 12 heavy (non-hydrogen) atoms. The van der Waals surface area contributed by atoms with Crippen LogP contribution in [0.5, 0.6) is 0 Å². The first-order valence-corrected chi connectivity index (χ1v) is 3.87. The Morgan fingerprint density at radius 1 is 0.583 bits per heavy atom. The number of benzene rings is 1. The molecular weight excluding hydrogens is 141 g/mol. The fourth-order valence-electron chi connectivity index (χ4n) is 1.23. The predicted octanol–water partition coefficient (Wildman–Crippen LogP) is -1.01. The van der Waals surface area contributed by atoms with Crippen LogP contribution in [0.2, 0.25) is 0 Å². The molecule has 0 unspecified atom stereocenters. The maximum Gasteiger partial charge on any atom is 0.114 e. The van der Waals surface area contributed by atoms with Crippen LogP contribution in [-0.2, 0) is 0 Å². The highest BCUT2D eigenvalue weighted by atomic mass is 14.1. The highest BCUT2D eigenvalue weighted by Crippen LogP contribution is 1.99. The molecule has 0 heterocycles. The van der Waals surface area contributed by atoms with E-state index in [0.717, 1.165) is 22.2 Å². The maximum atomic E-state index is 5.82. The molecule has 0 saturated heterocycles. The molecule has 3 heteroatoms. The van der Waals surface area contributed by atoms with Crippen LogP contribution >= 0.6 is 0 Å². The third kappa shape index (κ3) is 1.22. The van der Waals surface area contributed by atoms with Gasteiger partial charge in [0.15, 0.2) is 0 Å². The third-order valence-corrected chi connectivity index (χ3v) is 2.47. The zero-order chi connectivity index (χ0) is 9.46. The average molecular weight is 150 g/mol. The Morgan fingerprint density at radius 3 is 1.42 bits per heavy atom. The molecule has 0 spiro atoms. The van der Waals surface area contributed by atoms with Gasteiger partial charge in [-0.05, 0) is 20.8 Å². The van der Waals surface area contributed by atoms with Crippen LogP contribution in [0, 0.1) is 20.8 Å². The van der Waals surface area contributed by atoms with Gasteiger partial charge in [0.05, 0.1) is 0 Å². The van der Waals surface area contributed by atoms with E-state index in [1.165, 1.54) is 0 Å². The first-order valence-electron chi connectivity index (χ1n) is 3.87. The van der Waals surface area contributed by atoms with Crippen molar-refractivity contribution in [3.63, 3.8) is 0 Å². The van der Waals surface area contributed by atoms with Crippen LogP contribution in [0.1, 0.15) is 16.7 Å². The molecule has 0 N–H and O–H groups in total. The zero-order valence-electron chi connectivity index (χ0n) is 7.73. The predicted molar refractivity (Wildman–Crippen MR) is 56.8 cm³/mol. The quantitative estimate of drug-likeness (QED) is 0.415. The van der Waals surface area contributed by atoms with E-state index in [1.807, 2.05) is 20.8 Å². The first kappa shape index (κ1) is 9.50. The summed E-state index contributed by atoms with van der Waals surface area (Å²) in [6.45, 7) is 5.76. The van der Waals surface area contributed by atoms with Gasteiger partial charge >= 0.3 is 0 Å². The molecule has 1 aromatic carbocycles. The summed E-state index contributed by atoms with van der Waals surface area (Å²) in [5.74, 6) is 0. The van der Waals surface area contributed by atoms with Gasteiger partial charge in [0.2, 0.25) is 0 Å². The second-order valence-electron chi connectivity index (χ2n) is 3.12. The zero-order valence-corrected chi connectivity index (χ0v) is 7.73. The van der Waals surface area contributed by atoms with Crippen molar-refractivity contribution in [2.45, 2.75) is 20.8 Å². The number of rotatable bonds is 0. The average Bonchev–Trinajstić information content (AvgIpc) is 2.08. The molecule has 0 aliphatic heterocycles. The van der Waals surface area contributed by atoms with Gasteiger partial charge in [0.1, 0.15) is 23.5 Å². The molecule has 0 atom stereocenters. The molecule has 0 aliphatic rings. The Kier molecular flexibility index (Phi) is 2.41. The monoisotopic (exact) mass is 150 g/mol. The molecule has 6 radical (unpaired) electrons. The fourth-order valence-corrected chi connectivity index (χ4v) is 1.23. The summed E-state index contributed by atoms with van der Waals surface area (Å²) < 4.78 is 0. The lowest BCUT2D eigenvalue weighted by molar-refractivity contribution is 1.37. The minimum Gasteiger partial charge on any atom is -0.101 e. The summed E-state index contributed by atoms with van der Waals surface area (Å²) in [7, 11) is 17.3. The minimum atomic E-state index is 0.607. The van der Waals surface area contributed by atoms with E-state index in [0.29, 0.717) is 10.9 Å². The lowest BCUT2D eigenvalue weighted by Crippen LogP contribution is -2.37. The molecular formula is C9H9B3. The second kappa shape index (κ2) is 3.04. The molecule has 0 saturated carbocycles. The third-order valence-electron chi connectivity index (χ3n) is 2.47. The van der Waals surface area contributed by atoms with Crippen molar-refractivity contribution >= 4 is 39.9 Å². The van der Waals surface area contributed by atoms with Gasteiger partial charge in [-0.15, -0.1) is 10.9 Å². The molecule has 0 amide bonds. The van der Waals surface area contributed by atoms with Crippen molar-refractivity contribution < 1.29 is 0 Å². The summed E-state index contributed by atoms with van der Waals surface area (Å²) in [4.78, 5) is 0. The Morgan fingerprint density at radius 2 is 0.917 bits per heavy atom. The molecule has 0 nitrogen and oxygen atoms in total. The molecule has 1 aromatic rings. The lowest BCUT2D eigenvalue weighted by atomic mass is 9.69. The second-order valence-corrected chi connectivity index (χ2v) is 3.12. The van der Waals surface area contributed by atoms with Gasteiger partial charge in [0.25, 0.3) is 0 Å². The van der Waals surface area contributed by atoms with Gasteiger partial charge in [-0.2, -0.15) is 0 Å². The van der Waals surface area contributed by atoms with E-state index < -0.39 is 0 Å². The Hall–Kier alpha value is -0.585. The van der Waals surface area contributed by atoms with E-state index in [4.69, 9.17) is 23.5 Å². The summed E-state index contributed by atoms with van der Waals surface area (Å²) in [5.41, 5.74) is 4.90. The van der Waals surface area contributed by atoms with Crippen molar-refractivity contribution in [3.8, 4) is 0 Å². The number of hydrogen-bond acceptors (Lipinski definition) is 0. The molecule has 0 aromatic heterocycles. The topological polar surface area (TPSA) is 0 Å². The fraction of sp³-hybridized carbons (Fsp3) is 0.333. The Balaban J connectivity index is 3.60. The lowest BCUT2D eigenvalue weighted by Gasteiger charge is -2.16. The highest BCUT2D eigenvalue weighted by molar-refractivity contribution is 6.52. The Labute approximate surface area is 78.0 Å². The van der Waals surface area contributed by atoms with Gasteiger partial charge < -0.3 is 0 Å². The Bertz CT molecular complexity index is 224. The molecule has 0 bridgehead atoms. The van der Waals surface area contributed by atoms with Crippen molar-refractivity contribution in [1.82, 2.24) is 0 Å². The SMILES string of the molecule is [B]c1c([B])c(C)c(C)c([B])c1C. The van der Waals surface area contributed by atoms with Crippen LogP contribution in [0.4, 0.5) is 0 Å². The van der Waals surface area contributed by atoms with Crippen molar-refractivity contribution in [3.05, 3.63) is 16.7 Å². The van der Waals surface area contributed by atoms with E-state index in [-0.39, 0.29) is 0 Å². The van der Waals surface area contributed by atoms with Crippen LogP contribution in [-0.4, -0.2) is 23.5 Å². The molecule has 0 fully saturated rings. The highest BCUT2D eigenvalue weighted by Gasteiger charge is 2.06. The normalized spacial score (nSPS) is 10.2. The van der Waals surface area contributed by atoms with E-state index in [1.54, 1.807) is 0 Å². The minimum absolute atomic E-state index is 0.607. The van der Waals surface area contributed by atoms with E-state index in [2.05, 4.69) is 0 Å². The van der Waals surface area contributed by atoms with Crippen molar-refractivity contribution in [1.29, 1.82) is 0 Å². The molecule has 0 aliphatic carbocycles. The summed E-state index contributed by atoms with van der Waals surface area (Å²) in [6.07, 6.45) is 0. The van der Waals surface area contributed by atoms with E-state index >= 15 is 0 Å². The van der Waals surface area contributed by atoms with Gasteiger partial charge in [-0.1, -0.05) is 22.2 Å². The summed E-state index contributed by atoms with van der Waals surface area (Å²) in [6, 6.07) is 0. The van der Waals surface area contributed by atoms with Gasteiger partial charge in [-0.3, -0.25) is 0 Å². The van der Waals surface area contributed by atoms with Gasteiger partial charge in [0, 0.05) is 0 Å². The van der Waals surface area contributed by atoms with Crippen LogP contribution in [0.25, 0.3) is 0 Å². The van der Waals surface area contributed by atoms with Crippen molar-refractivity contribution in [2.24, 2.45) is 0 Å². The summed E-state index contributed by atoms with van der Waals surface area (Å²) in [5, 5.41) is 0. The van der Waals surface area contributed by atoms with Gasteiger partial charge in [-0.25, -0.2) is 0 Å². The van der Waals surface area contributed by atoms with Crippen molar-refractivity contribution in [2.75, 3.05) is 0 Å². The smallest absolute Gasteiger partial charge is 0.101 e. The maximum absolute atomic E-state index is 5.82. The standard InChI is InChI=1S/C9H9B3/c1-4-5(2)8(11)9(12)6(3)7(4)10/h1-3H3. The molecule has 1 rings (SSSR count). The first-order chi connectivity index (χ1) is 5.46. The largest absolute Gasteiger partial charge is 0.114 e. The van der Waals surface area contributed by atoms with Crippen LogP contribution in [0.15, 0.2) is 0 Å². The molecule has 54 valence electrons. The summed E-state index contributed by atoms with van der Waals surface area (Å²) >= 11 is 0. The van der Waals surface area contributed by atoms with Crippen LogP contribution in [0.3, 0.4) is 0 Å². The van der Waals surface area contributed by atoms with Crippen LogP contribution < -0.4 is 16.4 Å². The van der Waals surface area contributed by atoms with E-state index in [9.17, 15) is 0 Å².